The molecule has 1 aromatic heterocycles. The first kappa shape index (κ1) is 20.3. The number of methoxy groups -OCH3 is 1. The first-order chi connectivity index (χ1) is 14.2. The molecule has 1 atom stereocenters. The fourth-order valence-electron chi connectivity index (χ4n) is 2.79. The van der Waals surface area contributed by atoms with E-state index in [-0.39, 0.29) is 6.10 Å². The molecule has 7 nitrogen and oxygen atoms in total. The smallest absolute Gasteiger partial charge is 0.191 e. The van der Waals surface area contributed by atoms with Crippen LogP contribution in [0.2, 0.25) is 0 Å². The molecule has 0 bridgehead atoms. The van der Waals surface area contributed by atoms with Gasteiger partial charge in [-0.3, -0.25) is 4.99 Å². The molecular formula is C22H27N5O2. The first-order valence-electron chi connectivity index (χ1n) is 9.53. The van der Waals surface area contributed by atoms with E-state index in [2.05, 4.69) is 20.7 Å². The van der Waals surface area contributed by atoms with Crippen LogP contribution in [0.5, 0.6) is 11.5 Å². The van der Waals surface area contributed by atoms with Crippen LogP contribution in [0.25, 0.3) is 5.69 Å². The molecule has 0 aliphatic rings. The van der Waals surface area contributed by atoms with Gasteiger partial charge in [0, 0.05) is 13.2 Å². The average Bonchev–Trinajstić information content (AvgIpc) is 3.24. The summed E-state index contributed by atoms with van der Waals surface area (Å²) in [7, 11) is 3.37. The van der Waals surface area contributed by atoms with Crippen LogP contribution >= 0.6 is 0 Å². The molecule has 7 heteroatoms. The first-order valence-corrected chi connectivity index (χ1v) is 9.53. The van der Waals surface area contributed by atoms with Gasteiger partial charge < -0.3 is 20.1 Å². The molecule has 0 saturated carbocycles. The molecule has 0 saturated heterocycles. The number of hydrogen-bond acceptors (Lipinski definition) is 4. The van der Waals surface area contributed by atoms with Crippen LogP contribution in [-0.2, 0) is 6.54 Å². The maximum absolute atomic E-state index is 5.96. The topological polar surface area (TPSA) is 72.7 Å². The lowest BCUT2D eigenvalue weighted by Crippen LogP contribution is -2.41. The van der Waals surface area contributed by atoms with Crippen molar-refractivity contribution in [3.05, 3.63) is 72.6 Å². The van der Waals surface area contributed by atoms with E-state index >= 15 is 0 Å². The van der Waals surface area contributed by atoms with Crippen molar-refractivity contribution in [2.45, 2.75) is 19.6 Å². The average molecular weight is 393 g/mol. The van der Waals surface area contributed by atoms with Crippen molar-refractivity contribution in [1.82, 2.24) is 20.4 Å². The van der Waals surface area contributed by atoms with Crippen molar-refractivity contribution in [2.24, 2.45) is 4.99 Å². The summed E-state index contributed by atoms with van der Waals surface area (Å²) in [5.74, 6) is 2.13. The minimum atomic E-state index is -0.0675. The Balaban J connectivity index is 1.48. The van der Waals surface area contributed by atoms with Crippen LogP contribution in [0.15, 0.2) is 71.9 Å². The quantitative estimate of drug-likeness (QED) is 0.455. The molecule has 0 fully saturated rings. The predicted molar refractivity (Wildman–Crippen MR) is 115 cm³/mol. The minimum absolute atomic E-state index is 0.0675. The summed E-state index contributed by atoms with van der Waals surface area (Å²) >= 11 is 0. The Morgan fingerprint density at radius 1 is 1.03 bits per heavy atom. The molecule has 0 amide bonds. The number of para-hydroxylation sites is 3. The van der Waals surface area contributed by atoms with Crippen LogP contribution in [0.4, 0.5) is 0 Å². The Labute approximate surface area is 171 Å². The fraction of sp³-hybridized carbons (Fsp3) is 0.273. The highest BCUT2D eigenvalue weighted by Crippen LogP contribution is 2.26. The third-order valence-corrected chi connectivity index (χ3v) is 4.28. The fourth-order valence-corrected chi connectivity index (χ4v) is 2.79. The predicted octanol–water partition coefficient (Wildman–Crippen LogP) is 3.01. The molecule has 0 radical (unpaired) electrons. The monoisotopic (exact) mass is 393 g/mol. The van der Waals surface area contributed by atoms with E-state index in [9.17, 15) is 0 Å². The molecule has 0 aliphatic heterocycles. The number of nitrogens with one attached hydrogen (secondary N) is 2. The van der Waals surface area contributed by atoms with Gasteiger partial charge in [0.25, 0.3) is 0 Å². The molecule has 3 aromatic rings. The highest BCUT2D eigenvalue weighted by Gasteiger charge is 2.10. The molecule has 1 heterocycles. The molecule has 152 valence electrons. The minimum Gasteiger partial charge on any atom is -0.493 e. The summed E-state index contributed by atoms with van der Waals surface area (Å²) in [6, 6.07) is 19.6. The van der Waals surface area contributed by atoms with Gasteiger partial charge >= 0.3 is 0 Å². The molecule has 1 unspecified atom stereocenters. The summed E-state index contributed by atoms with van der Waals surface area (Å²) in [6.45, 7) is 3.16. The second-order valence-electron chi connectivity index (χ2n) is 6.47. The van der Waals surface area contributed by atoms with Crippen molar-refractivity contribution in [3.63, 3.8) is 0 Å². The Morgan fingerprint density at radius 3 is 2.48 bits per heavy atom. The van der Waals surface area contributed by atoms with Crippen LogP contribution in [0.3, 0.4) is 0 Å². The SMILES string of the molecule is CN=C(NCc1ccn(-c2ccccc2)n1)NCC(C)Oc1ccccc1OC. The lowest BCUT2D eigenvalue weighted by Gasteiger charge is -2.18. The van der Waals surface area contributed by atoms with Crippen molar-refractivity contribution >= 4 is 5.96 Å². The molecule has 2 aromatic carbocycles. The zero-order chi connectivity index (χ0) is 20.5. The third-order valence-electron chi connectivity index (χ3n) is 4.28. The third kappa shape index (κ3) is 5.75. The van der Waals surface area contributed by atoms with Crippen LogP contribution < -0.4 is 20.1 Å². The van der Waals surface area contributed by atoms with Gasteiger partial charge in [0.1, 0.15) is 6.10 Å². The zero-order valence-corrected chi connectivity index (χ0v) is 17.0. The second-order valence-corrected chi connectivity index (χ2v) is 6.47. The van der Waals surface area contributed by atoms with E-state index in [1.54, 1.807) is 14.2 Å². The highest BCUT2D eigenvalue weighted by atomic mass is 16.5. The number of benzene rings is 2. The van der Waals surface area contributed by atoms with E-state index < -0.39 is 0 Å². The van der Waals surface area contributed by atoms with Crippen molar-refractivity contribution in [2.75, 3.05) is 20.7 Å². The maximum Gasteiger partial charge on any atom is 0.191 e. The van der Waals surface area contributed by atoms with Gasteiger partial charge in [-0.05, 0) is 37.3 Å². The van der Waals surface area contributed by atoms with Gasteiger partial charge in [0.05, 0.1) is 31.6 Å². The van der Waals surface area contributed by atoms with Gasteiger partial charge in [0.2, 0.25) is 0 Å². The molecule has 0 aliphatic carbocycles. The molecule has 2 N–H and O–H groups in total. The highest BCUT2D eigenvalue weighted by molar-refractivity contribution is 5.79. The van der Waals surface area contributed by atoms with Crippen molar-refractivity contribution in [3.8, 4) is 17.2 Å². The number of nitrogens with zero attached hydrogens (tertiary/aromatic N) is 3. The number of aliphatic imine (C=N–C) groups is 1. The summed E-state index contributed by atoms with van der Waals surface area (Å²) in [5, 5.41) is 11.1. The standard InChI is InChI=1S/C22H27N5O2/c1-17(29-21-12-8-7-11-20(21)28-3)15-24-22(23-2)25-16-18-13-14-27(26-18)19-9-5-4-6-10-19/h4-14,17H,15-16H2,1-3H3,(H2,23,24,25). The van der Waals surface area contributed by atoms with Crippen LogP contribution in [-0.4, -0.2) is 42.5 Å². The number of guanidine groups is 1. The number of aromatic nitrogens is 2. The Hall–Kier alpha value is -3.48. The van der Waals surface area contributed by atoms with E-state index in [0.717, 1.165) is 22.9 Å². The van der Waals surface area contributed by atoms with Crippen molar-refractivity contribution in [1.29, 1.82) is 0 Å². The second kappa shape index (κ2) is 10.2. The van der Waals surface area contributed by atoms with E-state index in [0.29, 0.717) is 19.0 Å². The summed E-state index contributed by atoms with van der Waals surface area (Å²) < 4.78 is 13.1. The zero-order valence-electron chi connectivity index (χ0n) is 17.0. The Kier molecular flexibility index (Phi) is 7.10. The van der Waals surface area contributed by atoms with Gasteiger partial charge in [0.15, 0.2) is 17.5 Å². The van der Waals surface area contributed by atoms with E-state index in [1.165, 1.54) is 0 Å². The number of rotatable bonds is 8. The summed E-state index contributed by atoms with van der Waals surface area (Å²) in [6.07, 6.45) is 1.88. The lowest BCUT2D eigenvalue weighted by atomic mass is 10.3. The van der Waals surface area contributed by atoms with Gasteiger partial charge in [-0.25, -0.2) is 4.68 Å². The van der Waals surface area contributed by atoms with Crippen molar-refractivity contribution < 1.29 is 9.47 Å². The molecule has 0 spiro atoms. The molecular weight excluding hydrogens is 366 g/mol. The largest absolute Gasteiger partial charge is 0.493 e. The molecule has 29 heavy (non-hydrogen) atoms. The van der Waals surface area contributed by atoms with Gasteiger partial charge in [-0.1, -0.05) is 30.3 Å². The number of hydrogen-bond donors (Lipinski definition) is 2. The lowest BCUT2D eigenvalue weighted by molar-refractivity contribution is 0.213. The van der Waals surface area contributed by atoms with Gasteiger partial charge in [-0.2, -0.15) is 5.10 Å². The Bertz CT molecular complexity index is 924. The van der Waals surface area contributed by atoms with E-state index in [4.69, 9.17) is 9.47 Å². The summed E-state index contributed by atoms with van der Waals surface area (Å²) in [4.78, 5) is 4.26. The molecule has 3 rings (SSSR count). The number of ether oxygens (including phenoxy) is 2. The maximum atomic E-state index is 5.96. The van der Waals surface area contributed by atoms with Crippen LogP contribution in [0, 0.1) is 0 Å². The van der Waals surface area contributed by atoms with Crippen LogP contribution in [0.1, 0.15) is 12.6 Å². The van der Waals surface area contributed by atoms with Gasteiger partial charge in [-0.15, -0.1) is 0 Å². The Morgan fingerprint density at radius 2 is 1.76 bits per heavy atom. The normalized spacial score (nSPS) is 12.3. The van der Waals surface area contributed by atoms with E-state index in [1.807, 2.05) is 78.5 Å². The summed E-state index contributed by atoms with van der Waals surface area (Å²) in [5.41, 5.74) is 1.96.